The van der Waals surface area contributed by atoms with Crippen molar-refractivity contribution < 1.29 is 22.7 Å². The van der Waals surface area contributed by atoms with Crippen molar-refractivity contribution in [1.82, 2.24) is 19.1 Å². The molecule has 0 saturated carbocycles. The van der Waals surface area contributed by atoms with E-state index < -0.39 is 10.0 Å². The molecule has 2 aromatic carbocycles. The monoisotopic (exact) mass is 498 g/mol. The van der Waals surface area contributed by atoms with Gasteiger partial charge in [-0.2, -0.15) is 4.31 Å². The van der Waals surface area contributed by atoms with Gasteiger partial charge in [0.2, 0.25) is 10.0 Å². The van der Waals surface area contributed by atoms with Crippen molar-refractivity contribution in [2.75, 3.05) is 65.6 Å². The molecule has 0 radical (unpaired) electrons. The molecule has 35 heavy (non-hydrogen) atoms. The minimum absolute atomic E-state index is 0.0317. The third kappa shape index (κ3) is 5.35. The third-order valence-electron chi connectivity index (χ3n) is 6.53. The first-order valence-corrected chi connectivity index (χ1v) is 13.3. The Hall–Kier alpha value is -2.92. The van der Waals surface area contributed by atoms with Crippen LogP contribution in [0.5, 0.6) is 5.75 Å². The van der Waals surface area contributed by atoms with Gasteiger partial charge in [-0.15, -0.1) is 0 Å². The maximum atomic E-state index is 12.9. The van der Waals surface area contributed by atoms with Gasteiger partial charge in [0.25, 0.3) is 5.91 Å². The fourth-order valence-electron chi connectivity index (χ4n) is 4.47. The molecule has 5 rings (SSSR count). The number of nitrogens with zero attached hydrogens (tertiary/aromatic N) is 3. The summed E-state index contributed by atoms with van der Waals surface area (Å²) in [7, 11) is -3.50. The highest BCUT2D eigenvalue weighted by Crippen LogP contribution is 2.21. The molecule has 1 N–H and O–H groups in total. The summed E-state index contributed by atoms with van der Waals surface area (Å²) >= 11 is 0. The van der Waals surface area contributed by atoms with Crippen LogP contribution >= 0.6 is 0 Å². The number of aromatic amines is 1. The summed E-state index contributed by atoms with van der Waals surface area (Å²) in [5.74, 6) is 0.669. The first-order valence-electron chi connectivity index (χ1n) is 11.9. The van der Waals surface area contributed by atoms with Crippen LogP contribution in [0.15, 0.2) is 59.5 Å². The van der Waals surface area contributed by atoms with Crippen LogP contribution in [0.1, 0.15) is 10.5 Å². The topological polar surface area (TPSA) is 95.2 Å². The Morgan fingerprint density at radius 3 is 2.37 bits per heavy atom. The molecule has 9 nitrogen and oxygen atoms in total. The number of aromatic nitrogens is 1. The predicted octanol–water partition coefficient (Wildman–Crippen LogP) is 2.03. The normalized spacial score (nSPS) is 18.1. The van der Waals surface area contributed by atoms with E-state index in [1.165, 1.54) is 4.31 Å². The molecule has 186 valence electrons. The molecule has 0 unspecified atom stereocenters. The highest BCUT2D eigenvalue weighted by atomic mass is 32.2. The molecular formula is C25H30N4O5S. The van der Waals surface area contributed by atoms with E-state index in [1.807, 2.05) is 35.2 Å². The number of carbonyl (C=O) groups excluding carboxylic acids is 1. The van der Waals surface area contributed by atoms with E-state index >= 15 is 0 Å². The molecule has 1 aromatic heterocycles. The summed E-state index contributed by atoms with van der Waals surface area (Å²) in [5.41, 5.74) is 1.60. The molecule has 0 bridgehead atoms. The number of hydrogen-bond acceptors (Lipinski definition) is 6. The van der Waals surface area contributed by atoms with Crippen LogP contribution in [0.3, 0.4) is 0 Å². The molecule has 2 aliphatic rings. The number of piperazine rings is 1. The highest BCUT2D eigenvalue weighted by molar-refractivity contribution is 7.89. The Morgan fingerprint density at radius 1 is 0.943 bits per heavy atom. The Labute approximate surface area is 205 Å². The molecule has 2 saturated heterocycles. The van der Waals surface area contributed by atoms with Gasteiger partial charge in [0.05, 0.1) is 18.1 Å². The zero-order valence-corrected chi connectivity index (χ0v) is 20.4. The fraction of sp³-hybridized carbons (Fsp3) is 0.400. The number of morpholine rings is 1. The maximum Gasteiger partial charge on any atom is 0.270 e. The molecule has 0 atom stereocenters. The number of amides is 1. The second-order valence-electron chi connectivity index (χ2n) is 8.74. The van der Waals surface area contributed by atoms with E-state index in [9.17, 15) is 13.2 Å². The van der Waals surface area contributed by atoms with Crippen LogP contribution in [-0.2, 0) is 14.8 Å². The lowest BCUT2D eigenvalue weighted by Crippen LogP contribution is -2.49. The van der Waals surface area contributed by atoms with Crippen LogP contribution < -0.4 is 4.74 Å². The first-order chi connectivity index (χ1) is 17.0. The van der Waals surface area contributed by atoms with Gasteiger partial charge in [0.15, 0.2) is 0 Å². The van der Waals surface area contributed by atoms with Crippen LogP contribution in [-0.4, -0.2) is 99.0 Å². The number of carbonyl (C=O) groups is 1. The largest absolute Gasteiger partial charge is 0.492 e. The second-order valence-corrected chi connectivity index (χ2v) is 10.7. The minimum Gasteiger partial charge on any atom is -0.492 e. The number of ether oxygens (including phenoxy) is 2. The van der Waals surface area contributed by atoms with Gasteiger partial charge >= 0.3 is 0 Å². The van der Waals surface area contributed by atoms with Crippen molar-refractivity contribution in [1.29, 1.82) is 0 Å². The first kappa shape index (κ1) is 23.8. The summed E-state index contributed by atoms with van der Waals surface area (Å²) in [6.07, 6.45) is 0. The lowest BCUT2D eigenvalue weighted by Gasteiger charge is -2.34. The molecule has 3 aromatic rings. The lowest BCUT2D eigenvalue weighted by atomic mass is 10.2. The molecule has 2 fully saturated rings. The highest BCUT2D eigenvalue weighted by Gasteiger charge is 2.26. The molecule has 0 spiro atoms. The molecular weight excluding hydrogens is 468 g/mol. The van der Waals surface area contributed by atoms with Crippen molar-refractivity contribution >= 4 is 26.8 Å². The van der Waals surface area contributed by atoms with E-state index in [1.54, 1.807) is 24.3 Å². The van der Waals surface area contributed by atoms with E-state index in [4.69, 9.17) is 9.47 Å². The van der Waals surface area contributed by atoms with Crippen LogP contribution in [0, 0.1) is 0 Å². The standard InChI is InChI=1S/C25H30N4O5S/c30-25(24-19-20-3-1-2-4-23(20)26-24)28-11-9-27(10-12-28)13-18-34-21-5-7-22(8-6-21)35(31,32)29-14-16-33-17-15-29/h1-8,19,26H,9-18H2. The van der Waals surface area contributed by atoms with Gasteiger partial charge in [0.1, 0.15) is 18.1 Å². The third-order valence-corrected chi connectivity index (χ3v) is 8.44. The van der Waals surface area contributed by atoms with Crippen molar-refractivity contribution in [2.45, 2.75) is 4.90 Å². The number of para-hydroxylation sites is 1. The fourth-order valence-corrected chi connectivity index (χ4v) is 5.88. The minimum atomic E-state index is -3.50. The van der Waals surface area contributed by atoms with E-state index in [0.29, 0.717) is 57.4 Å². The maximum absolute atomic E-state index is 12.9. The molecule has 3 heterocycles. The Morgan fingerprint density at radius 2 is 1.66 bits per heavy atom. The van der Waals surface area contributed by atoms with E-state index in [2.05, 4.69) is 9.88 Å². The summed E-state index contributed by atoms with van der Waals surface area (Å²) in [4.78, 5) is 20.5. The van der Waals surface area contributed by atoms with E-state index in [0.717, 1.165) is 30.5 Å². The number of rotatable bonds is 7. The summed E-state index contributed by atoms with van der Waals surface area (Å²) in [6, 6.07) is 16.4. The van der Waals surface area contributed by atoms with Crippen molar-refractivity contribution in [3.63, 3.8) is 0 Å². The van der Waals surface area contributed by atoms with Crippen molar-refractivity contribution in [3.05, 3.63) is 60.3 Å². The molecule has 1 amide bonds. The Kier molecular flexibility index (Phi) is 7.05. The van der Waals surface area contributed by atoms with Gasteiger partial charge < -0.3 is 19.4 Å². The average Bonchev–Trinajstić information content (AvgIpc) is 3.34. The smallest absolute Gasteiger partial charge is 0.270 e. The zero-order valence-electron chi connectivity index (χ0n) is 19.6. The molecule has 0 aliphatic carbocycles. The average molecular weight is 499 g/mol. The van der Waals surface area contributed by atoms with Crippen LogP contribution in [0.2, 0.25) is 0 Å². The van der Waals surface area contributed by atoms with Gasteiger partial charge in [-0.25, -0.2) is 8.42 Å². The zero-order chi connectivity index (χ0) is 24.3. The number of fused-ring (bicyclic) bond motifs is 1. The quantitative estimate of drug-likeness (QED) is 0.536. The van der Waals surface area contributed by atoms with Gasteiger partial charge in [-0.1, -0.05) is 18.2 Å². The Bertz CT molecular complexity index is 1230. The van der Waals surface area contributed by atoms with Gasteiger partial charge in [-0.3, -0.25) is 9.69 Å². The summed E-state index contributed by atoms with van der Waals surface area (Å²) < 4.78 is 38.0. The van der Waals surface area contributed by atoms with E-state index in [-0.39, 0.29) is 10.8 Å². The summed E-state index contributed by atoms with van der Waals surface area (Å²) in [5, 5.41) is 1.04. The lowest BCUT2D eigenvalue weighted by molar-refractivity contribution is 0.0615. The molecule has 10 heteroatoms. The number of nitrogens with one attached hydrogen (secondary N) is 1. The van der Waals surface area contributed by atoms with Gasteiger partial charge in [0, 0.05) is 56.7 Å². The number of H-pyrrole nitrogens is 1. The second kappa shape index (κ2) is 10.4. The molecule has 2 aliphatic heterocycles. The summed E-state index contributed by atoms with van der Waals surface area (Å²) in [6.45, 7) is 5.73. The number of sulfonamides is 1. The predicted molar refractivity (Wildman–Crippen MR) is 132 cm³/mol. The van der Waals surface area contributed by atoms with Crippen molar-refractivity contribution in [2.24, 2.45) is 0 Å². The Balaban J connectivity index is 1.07. The van der Waals surface area contributed by atoms with Crippen LogP contribution in [0.4, 0.5) is 0 Å². The van der Waals surface area contributed by atoms with Gasteiger partial charge in [-0.05, 0) is 36.4 Å². The number of hydrogen-bond donors (Lipinski definition) is 1. The van der Waals surface area contributed by atoms with Crippen molar-refractivity contribution in [3.8, 4) is 5.75 Å². The number of benzene rings is 2. The SMILES string of the molecule is O=C(c1cc2ccccc2[nH]1)N1CCN(CCOc2ccc(S(=O)(=O)N3CCOCC3)cc2)CC1. The van der Waals surface area contributed by atoms with Crippen LogP contribution in [0.25, 0.3) is 10.9 Å².